The van der Waals surface area contributed by atoms with E-state index in [0.29, 0.717) is 37.2 Å². The number of thioether (sulfide) groups is 1. The number of hydrogen-bond donors (Lipinski definition) is 1. The molecule has 0 aliphatic carbocycles. The van der Waals surface area contributed by atoms with Crippen LogP contribution in [0.4, 0.5) is 0 Å². The maximum absolute atomic E-state index is 11.5. The van der Waals surface area contributed by atoms with E-state index in [2.05, 4.69) is 10.3 Å². The van der Waals surface area contributed by atoms with Gasteiger partial charge >= 0.3 is 5.97 Å². The van der Waals surface area contributed by atoms with Gasteiger partial charge in [0.05, 0.1) is 23.0 Å². The number of esters is 1. The van der Waals surface area contributed by atoms with Crippen LogP contribution in [0.5, 0.6) is 0 Å². The van der Waals surface area contributed by atoms with Crippen LogP contribution >= 0.6 is 23.4 Å². The van der Waals surface area contributed by atoms with Gasteiger partial charge in [-0.3, -0.25) is 14.9 Å². The average Bonchev–Trinajstić information content (AvgIpc) is 3.01. The highest BCUT2D eigenvalue weighted by molar-refractivity contribution is 8.00. The van der Waals surface area contributed by atoms with Crippen molar-refractivity contribution in [2.45, 2.75) is 13.5 Å². The van der Waals surface area contributed by atoms with Gasteiger partial charge in [0, 0.05) is 25.8 Å². The van der Waals surface area contributed by atoms with Gasteiger partial charge in [-0.05, 0) is 18.6 Å². The highest BCUT2D eigenvalue weighted by Crippen LogP contribution is 2.20. The van der Waals surface area contributed by atoms with Gasteiger partial charge < -0.3 is 15.0 Å². The third-order valence-corrected chi connectivity index (χ3v) is 4.55. The summed E-state index contributed by atoms with van der Waals surface area (Å²) in [4.78, 5) is 28.3. The quantitative estimate of drug-likeness (QED) is 0.313. The predicted molar refractivity (Wildman–Crippen MR) is 95.6 cm³/mol. The van der Waals surface area contributed by atoms with E-state index in [4.69, 9.17) is 16.3 Å². The lowest BCUT2D eigenvalue weighted by Gasteiger charge is -2.18. The fourth-order valence-electron chi connectivity index (χ4n) is 2.34. The molecular formula is C15H19ClN4O4S. The van der Waals surface area contributed by atoms with Crippen LogP contribution in [-0.4, -0.2) is 52.0 Å². The minimum Gasteiger partial charge on any atom is -0.465 e. The third-order valence-electron chi connectivity index (χ3n) is 3.41. The number of halogens is 1. The second-order valence-corrected chi connectivity index (χ2v) is 6.56. The molecule has 1 aliphatic heterocycles. The Kier molecular flexibility index (Phi) is 7.32. The molecule has 0 spiro atoms. The van der Waals surface area contributed by atoms with Gasteiger partial charge in [-0.25, -0.2) is 4.98 Å². The predicted octanol–water partition coefficient (Wildman–Crippen LogP) is 1.88. The Morgan fingerprint density at radius 1 is 1.52 bits per heavy atom. The zero-order valence-corrected chi connectivity index (χ0v) is 15.3. The summed E-state index contributed by atoms with van der Waals surface area (Å²) in [5.41, 5.74) is 0.959. The summed E-state index contributed by atoms with van der Waals surface area (Å²) in [6.07, 6.45) is 1.65. The fourth-order valence-corrected chi connectivity index (χ4v) is 3.24. The minimum atomic E-state index is -0.404. The fraction of sp³-hybridized carbons (Fsp3) is 0.467. The molecule has 136 valence electrons. The number of nitro groups is 1. The Morgan fingerprint density at radius 2 is 2.32 bits per heavy atom. The summed E-state index contributed by atoms with van der Waals surface area (Å²) >= 11 is 6.94. The van der Waals surface area contributed by atoms with E-state index >= 15 is 0 Å². The molecule has 0 amide bonds. The molecule has 2 rings (SSSR count). The van der Waals surface area contributed by atoms with Crippen LogP contribution in [0, 0.1) is 10.1 Å². The van der Waals surface area contributed by atoms with Crippen LogP contribution < -0.4 is 5.32 Å². The average molecular weight is 387 g/mol. The second-order valence-electron chi connectivity index (χ2n) is 5.19. The first kappa shape index (κ1) is 19.3. The molecule has 1 saturated heterocycles. The van der Waals surface area contributed by atoms with Gasteiger partial charge in [0.1, 0.15) is 5.15 Å². The lowest BCUT2D eigenvalue weighted by atomic mass is 10.2. The largest absolute Gasteiger partial charge is 0.465 e. The topological polar surface area (TPSA) is 97.6 Å². The zero-order valence-electron chi connectivity index (χ0n) is 13.7. The summed E-state index contributed by atoms with van der Waals surface area (Å²) in [6, 6.07) is 3.53. The molecule has 0 saturated carbocycles. The van der Waals surface area contributed by atoms with Gasteiger partial charge in [0.15, 0.2) is 5.82 Å². The molecule has 1 aromatic rings. The van der Waals surface area contributed by atoms with Crippen LogP contribution in [0.25, 0.3) is 0 Å². The number of ether oxygens (including phenoxy) is 1. The Bertz CT molecular complexity index is 653. The highest BCUT2D eigenvalue weighted by Gasteiger charge is 2.28. The number of carbonyl (C=O) groups excluding carboxylic acids is 1. The van der Waals surface area contributed by atoms with Crippen molar-refractivity contribution < 1.29 is 14.5 Å². The molecule has 1 fully saturated rings. The lowest BCUT2D eigenvalue weighted by Crippen LogP contribution is -2.25. The van der Waals surface area contributed by atoms with E-state index in [1.807, 2.05) is 11.0 Å². The van der Waals surface area contributed by atoms with E-state index in [9.17, 15) is 14.9 Å². The molecule has 1 N–H and O–H groups in total. The third kappa shape index (κ3) is 5.79. The summed E-state index contributed by atoms with van der Waals surface area (Å²) in [6.45, 7) is 3.78. The number of nitrogens with zero attached hydrogens (tertiary/aromatic N) is 3. The van der Waals surface area contributed by atoms with E-state index in [0.717, 1.165) is 17.3 Å². The molecule has 25 heavy (non-hydrogen) atoms. The van der Waals surface area contributed by atoms with E-state index in [1.54, 1.807) is 19.2 Å². The standard InChI is InChI=1S/C15H19ClN4O4S/c1-2-24-14(21)10-25-9-12(20(22)23)15-17-5-6-19(15)8-11-3-4-13(16)18-7-11/h3-4,7,17H,2,5-6,8-10H2,1H3/b15-12+. The van der Waals surface area contributed by atoms with Crippen molar-refractivity contribution in [2.24, 2.45) is 0 Å². The number of aromatic nitrogens is 1. The summed E-state index contributed by atoms with van der Waals surface area (Å²) in [5.74, 6) is 0.309. The van der Waals surface area contributed by atoms with Crippen molar-refractivity contribution in [3.8, 4) is 0 Å². The smallest absolute Gasteiger partial charge is 0.315 e. The van der Waals surface area contributed by atoms with Crippen molar-refractivity contribution in [1.82, 2.24) is 15.2 Å². The zero-order chi connectivity index (χ0) is 18.2. The van der Waals surface area contributed by atoms with Crippen molar-refractivity contribution in [1.29, 1.82) is 0 Å². The van der Waals surface area contributed by atoms with Crippen LogP contribution in [0.1, 0.15) is 12.5 Å². The van der Waals surface area contributed by atoms with Gasteiger partial charge in [0.25, 0.3) is 5.70 Å². The van der Waals surface area contributed by atoms with Crippen LogP contribution in [-0.2, 0) is 16.1 Å². The van der Waals surface area contributed by atoms with Gasteiger partial charge in [0.2, 0.25) is 0 Å². The van der Waals surface area contributed by atoms with E-state index in [-0.39, 0.29) is 23.2 Å². The molecule has 1 aliphatic rings. The summed E-state index contributed by atoms with van der Waals surface area (Å²) in [5, 5.41) is 14.9. The molecule has 2 heterocycles. The number of pyridine rings is 1. The van der Waals surface area contributed by atoms with Crippen molar-refractivity contribution >= 4 is 29.3 Å². The monoisotopic (exact) mass is 386 g/mol. The maximum Gasteiger partial charge on any atom is 0.315 e. The van der Waals surface area contributed by atoms with Crippen molar-refractivity contribution in [3.63, 3.8) is 0 Å². The highest BCUT2D eigenvalue weighted by atomic mass is 35.5. The van der Waals surface area contributed by atoms with Crippen LogP contribution in [0.3, 0.4) is 0 Å². The number of hydrogen-bond acceptors (Lipinski definition) is 8. The van der Waals surface area contributed by atoms with Gasteiger partial charge in [-0.15, -0.1) is 11.8 Å². The van der Waals surface area contributed by atoms with Gasteiger partial charge in [-0.1, -0.05) is 17.7 Å². The van der Waals surface area contributed by atoms with Crippen molar-refractivity contribution in [3.05, 3.63) is 50.7 Å². The van der Waals surface area contributed by atoms with E-state index in [1.165, 1.54) is 0 Å². The number of nitrogens with one attached hydrogen (secondary N) is 1. The molecule has 8 nitrogen and oxygen atoms in total. The first-order chi connectivity index (χ1) is 12.0. The van der Waals surface area contributed by atoms with Crippen LogP contribution in [0.2, 0.25) is 5.15 Å². The maximum atomic E-state index is 11.5. The molecule has 0 unspecified atom stereocenters. The summed E-state index contributed by atoms with van der Waals surface area (Å²) < 4.78 is 4.83. The Balaban J connectivity index is 2.06. The van der Waals surface area contributed by atoms with Gasteiger partial charge in [-0.2, -0.15) is 0 Å². The summed E-state index contributed by atoms with van der Waals surface area (Å²) in [7, 11) is 0. The molecule has 10 heteroatoms. The number of rotatable bonds is 8. The molecular weight excluding hydrogens is 368 g/mol. The minimum absolute atomic E-state index is 0.0497. The molecule has 0 aromatic carbocycles. The lowest BCUT2D eigenvalue weighted by molar-refractivity contribution is -0.425. The van der Waals surface area contributed by atoms with E-state index < -0.39 is 4.92 Å². The first-order valence-electron chi connectivity index (χ1n) is 7.71. The second kappa shape index (κ2) is 9.47. The normalized spacial score (nSPS) is 15.7. The Morgan fingerprint density at radius 3 is 2.96 bits per heavy atom. The molecule has 0 bridgehead atoms. The Labute approximate surface area is 154 Å². The Hall–Kier alpha value is -2.00. The molecule has 0 radical (unpaired) electrons. The SMILES string of the molecule is CCOC(=O)CSC/C(=C1/NCCN1Cc1ccc(Cl)nc1)[N+](=O)[O-]. The molecule has 0 atom stereocenters. The molecule has 1 aromatic heterocycles. The van der Waals surface area contributed by atoms with Crippen LogP contribution in [0.15, 0.2) is 29.8 Å². The first-order valence-corrected chi connectivity index (χ1v) is 9.24. The van der Waals surface area contributed by atoms with Crippen molar-refractivity contribution in [2.75, 3.05) is 31.2 Å². The number of carbonyl (C=O) groups is 1.